The molecule has 0 unspecified atom stereocenters. The van der Waals surface area contributed by atoms with Gasteiger partial charge in [-0.05, 0) is 30.7 Å². The molecule has 0 bridgehead atoms. The number of carbonyl (C=O) groups is 1. The standard InChI is InChI=1S/C24H24N4O3S/c1-17-14-19(31-26-17)15-27-10-12-28(13-11-27)23(29)20-7-3-2-6-18(20)16-32-24-25-21-8-4-5-9-22(21)30-24/h2-9,14H,10-13,15-16H2,1H3. The van der Waals surface area contributed by atoms with Crippen molar-refractivity contribution in [3.8, 4) is 0 Å². The number of carbonyl (C=O) groups excluding carboxylic acids is 1. The SMILES string of the molecule is Cc1cc(CN2CCN(C(=O)c3ccccc3CSc3nc4ccccc4o3)CC2)on1. The van der Waals surface area contributed by atoms with Gasteiger partial charge in [-0.25, -0.2) is 4.98 Å². The zero-order valence-corrected chi connectivity index (χ0v) is 18.7. The Bertz CT molecular complexity index is 1190. The lowest BCUT2D eigenvalue weighted by molar-refractivity contribution is 0.0616. The van der Waals surface area contributed by atoms with Gasteiger partial charge in [-0.2, -0.15) is 0 Å². The van der Waals surface area contributed by atoms with Gasteiger partial charge in [0.2, 0.25) is 0 Å². The molecule has 0 saturated carbocycles. The van der Waals surface area contributed by atoms with E-state index in [1.54, 1.807) is 0 Å². The van der Waals surface area contributed by atoms with Gasteiger partial charge in [-0.1, -0.05) is 47.3 Å². The lowest BCUT2D eigenvalue weighted by Crippen LogP contribution is -2.48. The molecular weight excluding hydrogens is 424 g/mol. The first-order chi connectivity index (χ1) is 15.7. The fourth-order valence-electron chi connectivity index (χ4n) is 3.90. The first-order valence-corrected chi connectivity index (χ1v) is 11.6. The van der Waals surface area contributed by atoms with E-state index < -0.39 is 0 Å². The predicted octanol–water partition coefficient (Wildman–Crippen LogP) is 4.37. The third-order valence-corrected chi connectivity index (χ3v) is 6.47. The maximum absolute atomic E-state index is 13.3. The summed E-state index contributed by atoms with van der Waals surface area (Å²) in [5.74, 6) is 1.57. The summed E-state index contributed by atoms with van der Waals surface area (Å²) in [4.78, 5) is 22.0. The molecule has 1 aliphatic heterocycles. The van der Waals surface area contributed by atoms with E-state index in [9.17, 15) is 4.79 Å². The molecule has 1 fully saturated rings. The number of aryl methyl sites for hydroxylation is 1. The Labute approximate surface area is 190 Å². The maximum Gasteiger partial charge on any atom is 0.257 e. The van der Waals surface area contributed by atoms with E-state index in [1.807, 2.05) is 66.4 Å². The molecule has 1 amide bonds. The van der Waals surface area contributed by atoms with Crippen LogP contribution in [-0.2, 0) is 12.3 Å². The van der Waals surface area contributed by atoms with E-state index in [2.05, 4.69) is 15.0 Å². The summed E-state index contributed by atoms with van der Waals surface area (Å²) in [5.41, 5.74) is 4.25. The fraction of sp³-hybridized carbons (Fsp3) is 0.292. The number of nitrogens with zero attached hydrogens (tertiary/aromatic N) is 4. The lowest BCUT2D eigenvalue weighted by Gasteiger charge is -2.34. The molecule has 7 nitrogen and oxygen atoms in total. The molecule has 32 heavy (non-hydrogen) atoms. The molecule has 0 radical (unpaired) electrons. The van der Waals surface area contributed by atoms with Crippen LogP contribution in [0.1, 0.15) is 27.4 Å². The van der Waals surface area contributed by atoms with Crippen molar-refractivity contribution in [2.45, 2.75) is 24.4 Å². The Balaban J connectivity index is 1.21. The summed E-state index contributed by atoms with van der Waals surface area (Å²) in [6.07, 6.45) is 0. The number of oxazole rings is 1. The highest BCUT2D eigenvalue weighted by Gasteiger charge is 2.24. The molecule has 0 N–H and O–H groups in total. The van der Waals surface area contributed by atoms with Crippen LogP contribution in [-0.4, -0.2) is 52.0 Å². The minimum absolute atomic E-state index is 0.0777. The molecule has 8 heteroatoms. The van der Waals surface area contributed by atoms with Crippen molar-refractivity contribution >= 4 is 28.8 Å². The number of thioether (sulfide) groups is 1. The van der Waals surface area contributed by atoms with Gasteiger partial charge < -0.3 is 13.8 Å². The molecule has 0 atom stereocenters. The van der Waals surface area contributed by atoms with Gasteiger partial charge in [0.25, 0.3) is 11.1 Å². The lowest BCUT2D eigenvalue weighted by atomic mass is 10.1. The van der Waals surface area contributed by atoms with Crippen molar-refractivity contribution in [1.82, 2.24) is 19.9 Å². The molecule has 1 aliphatic rings. The van der Waals surface area contributed by atoms with Crippen LogP contribution in [0.5, 0.6) is 0 Å². The van der Waals surface area contributed by atoms with Crippen LogP contribution in [0.3, 0.4) is 0 Å². The molecule has 3 heterocycles. The topological polar surface area (TPSA) is 75.6 Å². The number of hydrogen-bond acceptors (Lipinski definition) is 7. The van der Waals surface area contributed by atoms with E-state index in [0.717, 1.165) is 53.3 Å². The van der Waals surface area contributed by atoms with Crippen molar-refractivity contribution in [3.05, 3.63) is 77.2 Å². The number of aromatic nitrogens is 2. The fourth-order valence-corrected chi connectivity index (χ4v) is 4.74. The van der Waals surface area contributed by atoms with Crippen molar-refractivity contribution < 1.29 is 13.7 Å². The van der Waals surface area contributed by atoms with Crippen molar-refractivity contribution in [1.29, 1.82) is 0 Å². The summed E-state index contributed by atoms with van der Waals surface area (Å²) in [6, 6.07) is 17.5. The molecule has 2 aromatic carbocycles. The molecule has 4 aromatic rings. The molecule has 164 valence electrons. The van der Waals surface area contributed by atoms with E-state index in [0.29, 0.717) is 24.1 Å². The first kappa shape index (κ1) is 20.8. The highest BCUT2D eigenvalue weighted by molar-refractivity contribution is 7.98. The van der Waals surface area contributed by atoms with Gasteiger partial charge in [-0.3, -0.25) is 9.69 Å². The maximum atomic E-state index is 13.3. The van der Waals surface area contributed by atoms with Crippen LogP contribution < -0.4 is 0 Å². The van der Waals surface area contributed by atoms with Gasteiger partial charge in [0.1, 0.15) is 5.52 Å². The number of rotatable bonds is 6. The van der Waals surface area contributed by atoms with Gasteiger partial charge >= 0.3 is 0 Å². The number of hydrogen-bond donors (Lipinski definition) is 0. The first-order valence-electron chi connectivity index (χ1n) is 10.7. The Morgan fingerprint density at radius 2 is 1.84 bits per heavy atom. The summed E-state index contributed by atoms with van der Waals surface area (Å²) in [6.45, 7) is 5.65. The Morgan fingerprint density at radius 3 is 2.62 bits per heavy atom. The van der Waals surface area contributed by atoms with Crippen LogP contribution in [0.15, 0.2) is 68.8 Å². The highest BCUT2D eigenvalue weighted by atomic mass is 32.2. The van der Waals surface area contributed by atoms with Crippen molar-refractivity contribution in [2.24, 2.45) is 0 Å². The smallest absolute Gasteiger partial charge is 0.257 e. The molecular formula is C24H24N4O3S. The molecule has 5 rings (SSSR count). The van der Waals surface area contributed by atoms with E-state index in [-0.39, 0.29) is 5.91 Å². The summed E-state index contributed by atoms with van der Waals surface area (Å²) < 4.78 is 11.1. The van der Waals surface area contributed by atoms with Crippen LogP contribution in [0.4, 0.5) is 0 Å². The number of para-hydroxylation sites is 2. The Morgan fingerprint density at radius 1 is 1.06 bits per heavy atom. The number of amides is 1. The minimum Gasteiger partial charge on any atom is -0.431 e. The normalized spacial score (nSPS) is 14.8. The highest BCUT2D eigenvalue weighted by Crippen LogP contribution is 2.28. The Hall–Kier alpha value is -3.10. The second kappa shape index (κ2) is 9.18. The van der Waals surface area contributed by atoms with Gasteiger partial charge in [0, 0.05) is 43.6 Å². The number of fused-ring (bicyclic) bond motifs is 1. The molecule has 0 aliphatic carbocycles. The summed E-state index contributed by atoms with van der Waals surface area (Å²) in [7, 11) is 0. The summed E-state index contributed by atoms with van der Waals surface area (Å²) in [5, 5.41) is 4.56. The van der Waals surface area contributed by atoms with Crippen LogP contribution in [0.25, 0.3) is 11.1 Å². The average Bonchev–Trinajstić information content (AvgIpc) is 3.43. The van der Waals surface area contributed by atoms with Gasteiger partial charge in [-0.15, -0.1) is 0 Å². The average molecular weight is 449 g/mol. The van der Waals surface area contributed by atoms with Gasteiger partial charge in [0.15, 0.2) is 11.3 Å². The second-order valence-corrected chi connectivity index (χ2v) is 8.82. The molecule has 0 spiro atoms. The number of benzene rings is 2. The second-order valence-electron chi connectivity index (χ2n) is 7.90. The van der Waals surface area contributed by atoms with Crippen molar-refractivity contribution in [2.75, 3.05) is 26.2 Å². The van der Waals surface area contributed by atoms with Crippen LogP contribution in [0.2, 0.25) is 0 Å². The van der Waals surface area contributed by atoms with E-state index >= 15 is 0 Å². The third kappa shape index (κ3) is 4.56. The number of piperazine rings is 1. The molecule has 1 saturated heterocycles. The largest absolute Gasteiger partial charge is 0.431 e. The third-order valence-electron chi connectivity index (χ3n) is 5.59. The van der Waals surface area contributed by atoms with Gasteiger partial charge in [0.05, 0.1) is 12.2 Å². The van der Waals surface area contributed by atoms with Crippen molar-refractivity contribution in [3.63, 3.8) is 0 Å². The van der Waals surface area contributed by atoms with Crippen LogP contribution in [0, 0.1) is 6.92 Å². The quantitative estimate of drug-likeness (QED) is 0.405. The monoisotopic (exact) mass is 448 g/mol. The zero-order valence-electron chi connectivity index (χ0n) is 17.9. The predicted molar refractivity (Wildman–Crippen MR) is 122 cm³/mol. The Kier molecular flexibility index (Phi) is 5.96. The van der Waals surface area contributed by atoms with E-state index in [4.69, 9.17) is 8.94 Å². The molecule has 2 aromatic heterocycles. The zero-order chi connectivity index (χ0) is 21.9. The van der Waals surface area contributed by atoms with E-state index in [1.165, 1.54) is 11.8 Å². The van der Waals surface area contributed by atoms with Crippen LogP contribution >= 0.6 is 11.8 Å². The summed E-state index contributed by atoms with van der Waals surface area (Å²) >= 11 is 1.51. The minimum atomic E-state index is 0.0777.